The monoisotopic (exact) mass is 439 g/mol. The summed E-state index contributed by atoms with van der Waals surface area (Å²) in [5, 5.41) is 11.3. The molecule has 0 bridgehead atoms. The Kier molecular flexibility index (Phi) is 7.42. The second-order valence-electron chi connectivity index (χ2n) is 5.15. The van der Waals surface area contributed by atoms with Crippen LogP contribution in [0.25, 0.3) is 0 Å². The molecule has 0 radical (unpaired) electrons. The number of hydrogen-bond acceptors (Lipinski definition) is 7. The fourth-order valence-electron chi connectivity index (χ4n) is 2.22. The number of ether oxygens (including phenoxy) is 4. The summed E-state index contributed by atoms with van der Waals surface area (Å²) >= 11 is 3.33. The topological polar surface area (TPSA) is 97.1 Å². The van der Waals surface area contributed by atoms with Gasteiger partial charge >= 0.3 is 5.97 Å². The van der Waals surface area contributed by atoms with Crippen molar-refractivity contribution in [3.63, 3.8) is 0 Å². The Balaban J connectivity index is 2.06. The van der Waals surface area contributed by atoms with Crippen LogP contribution < -0.4 is 14.2 Å². The highest BCUT2D eigenvalue weighted by atomic mass is 79.9. The summed E-state index contributed by atoms with van der Waals surface area (Å²) in [6, 6.07) is 9.57. The van der Waals surface area contributed by atoms with E-state index < -0.39 is 16.6 Å². The zero-order valence-electron chi connectivity index (χ0n) is 14.8. The van der Waals surface area contributed by atoms with Crippen molar-refractivity contribution in [1.29, 1.82) is 0 Å². The van der Waals surface area contributed by atoms with E-state index in [9.17, 15) is 14.9 Å². The minimum atomic E-state index is -0.846. The van der Waals surface area contributed by atoms with Gasteiger partial charge in [-0.3, -0.25) is 10.1 Å². The standard InChI is InChI=1S/C18H18BrNO7/c1-3-25-17-11-15(20(22)23)14(10-16(17)24-2)18(21)27-8-7-26-13-6-4-5-12(19)9-13/h4-6,9-11H,3,7-8H2,1-2H3. The maximum absolute atomic E-state index is 12.3. The van der Waals surface area contributed by atoms with Crippen molar-refractivity contribution in [2.45, 2.75) is 6.92 Å². The fraction of sp³-hybridized carbons (Fsp3) is 0.278. The minimum absolute atomic E-state index is 0.0714. The van der Waals surface area contributed by atoms with Gasteiger partial charge in [0.15, 0.2) is 11.5 Å². The van der Waals surface area contributed by atoms with Gasteiger partial charge in [-0.1, -0.05) is 22.0 Å². The van der Waals surface area contributed by atoms with Crippen LogP contribution in [0.1, 0.15) is 17.3 Å². The number of esters is 1. The number of nitro groups is 1. The van der Waals surface area contributed by atoms with Crippen LogP contribution in [0, 0.1) is 10.1 Å². The van der Waals surface area contributed by atoms with Gasteiger partial charge in [-0.05, 0) is 25.1 Å². The van der Waals surface area contributed by atoms with Crippen LogP contribution in [0.3, 0.4) is 0 Å². The van der Waals surface area contributed by atoms with Crippen LogP contribution in [0.5, 0.6) is 17.2 Å². The van der Waals surface area contributed by atoms with Gasteiger partial charge in [0.25, 0.3) is 5.69 Å². The smallest absolute Gasteiger partial charge is 0.345 e. The first-order valence-corrected chi connectivity index (χ1v) is 8.80. The first-order chi connectivity index (χ1) is 13.0. The molecule has 9 heteroatoms. The Morgan fingerprint density at radius 1 is 1.15 bits per heavy atom. The molecule has 0 heterocycles. The van der Waals surface area contributed by atoms with Crippen molar-refractivity contribution in [2.75, 3.05) is 26.9 Å². The third kappa shape index (κ3) is 5.58. The van der Waals surface area contributed by atoms with Gasteiger partial charge in [-0.15, -0.1) is 0 Å². The van der Waals surface area contributed by atoms with E-state index in [-0.39, 0.29) is 30.3 Å². The first-order valence-electron chi connectivity index (χ1n) is 8.01. The van der Waals surface area contributed by atoms with Gasteiger partial charge in [0.2, 0.25) is 0 Å². The first kappa shape index (κ1) is 20.5. The van der Waals surface area contributed by atoms with Gasteiger partial charge < -0.3 is 18.9 Å². The lowest BCUT2D eigenvalue weighted by atomic mass is 10.1. The number of halogens is 1. The summed E-state index contributed by atoms with van der Waals surface area (Å²) < 4.78 is 21.8. The van der Waals surface area contributed by atoms with Crippen LogP contribution in [0.4, 0.5) is 5.69 Å². The summed E-state index contributed by atoms with van der Waals surface area (Å²) in [4.78, 5) is 22.9. The number of hydrogen-bond donors (Lipinski definition) is 0. The summed E-state index contributed by atoms with van der Waals surface area (Å²) in [7, 11) is 1.38. The second kappa shape index (κ2) is 9.77. The number of carbonyl (C=O) groups excluding carboxylic acids is 1. The van der Waals surface area contributed by atoms with Gasteiger partial charge in [0.05, 0.1) is 24.7 Å². The van der Waals surface area contributed by atoms with E-state index >= 15 is 0 Å². The number of nitro benzene ring substituents is 1. The average molecular weight is 440 g/mol. The van der Waals surface area contributed by atoms with Crippen molar-refractivity contribution in [3.05, 3.63) is 56.5 Å². The highest BCUT2D eigenvalue weighted by Gasteiger charge is 2.25. The van der Waals surface area contributed by atoms with E-state index in [1.54, 1.807) is 25.1 Å². The fourth-order valence-corrected chi connectivity index (χ4v) is 2.60. The molecule has 0 unspecified atom stereocenters. The van der Waals surface area contributed by atoms with E-state index in [0.29, 0.717) is 12.4 Å². The van der Waals surface area contributed by atoms with Crippen molar-refractivity contribution in [2.24, 2.45) is 0 Å². The molecule has 0 aromatic heterocycles. The highest BCUT2D eigenvalue weighted by molar-refractivity contribution is 9.10. The summed E-state index contributed by atoms with van der Waals surface area (Å²) in [5.74, 6) is 0.149. The number of methoxy groups -OCH3 is 1. The molecule has 0 fully saturated rings. The molecular formula is C18H18BrNO7. The van der Waals surface area contributed by atoms with E-state index in [1.165, 1.54) is 13.2 Å². The number of carbonyl (C=O) groups is 1. The molecule has 27 heavy (non-hydrogen) atoms. The third-order valence-electron chi connectivity index (χ3n) is 3.38. The predicted octanol–water partition coefficient (Wildman–Crippen LogP) is 4.00. The van der Waals surface area contributed by atoms with Crippen LogP contribution in [0.15, 0.2) is 40.9 Å². The Morgan fingerprint density at radius 3 is 2.56 bits per heavy atom. The van der Waals surface area contributed by atoms with Crippen molar-refractivity contribution in [3.8, 4) is 17.2 Å². The molecule has 0 aliphatic rings. The Bertz CT molecular complexity index is 825. The lowest BCUT2D eigenvalue weighted by Crippen LogP contribution is -2.14. The van der Waals surface area contributed by atoms with Crippen LogP contribution in [-0.4, -0.2) is 37.8 Å². The van der Waals surface area contributed by atoms with E-state index in [4.69, 9.17) is 18.9 Å². The Labute approximate surface area is 164 Å². The molecule has 0 atom stereocenters. The largest absolute Gasteiger partial charge is 0.493 e. The molecule has 2 aromatic rings. The molecule has 0 saturated heterocycles. The molecule has 0 amide bonds. The molecule has 144 valence electrons. The third-order valence-corrected chi connectivity index (χ3v) is 3.87. The van der Waals surface area contributed by atoms with E-state index in [2.05, 4.69) is 15.9 Å². The predicted molar refractivity (Wildman–Crippen MR) is 101 cm³/mol. The number of nitrogens with zero attached hydrogens (tertiary/aromatic N) is 1. The SMILES string of the molecule is CCOc1cc([N+](=O)[O-])c(C(=O)OCCOc2cccc(Br)c2)cc1OC. The second-order valence-corrected chi connectivity index (χ2v) is 6.07. The van der Waals surface area contributed by atoms with Crippen LogP contribution >= 0.6 is 15.9 Å². The Morgan fingerprint density at radius 2 is 1.93 bits per heavy atom. The van der Waals surface area contributed by atoms with Crippen LogP contribution in [-0.2, 0) is 4.74 Å². The van der Waals surface area contributed by atoms with Crippen LogP contribution in [0.2, 0.25) is 0 Å². The zero-order chi connectivity index (χ0) is 19.8. The molecular weight excluding hydrogens is 422 g/mol. The number of benzene rings is 2. The summed E-state index contributed by atoms with van der Waals surface area (Å²) in [5.41, 5.74) is -0.639. The highest BCUT2D eigenvalue weighted by Crippen LogP contribution is 2.35. The minimum Gasteiger partial charge on any atom is -0.493 e. The van der Waals surface area contributed by atoms with E-state index in [0.717, 1.165) is 10.5 Å². The number of rotatable bonds is 9. The van der Waals surface area contributed by atoms with Gasteiger partial charge in [-0.2, -0.15) is 0 Å². The Hall–Kier alpha value is -2.81. The van der Waals surface area contributed by atoms with Crippen molar-refractivity contribution in [1.82, 2.24) is 0 Å². The normalized spacial score (nSPS) is 10.2. The molecule has 0 spiro atoms. The summed E-state index contributed by atoms with van der Waals surface area (Å²) in [6.07, 6.45) is 0. The van der Waals surface area contributed by atoms with Crippen molar-refractivity contribution >= 4 is 27.6 Å². The lowest BCUT2D eigenvalue weighted by molar-refractivity contribution is -0.385. The maximum Gasteiger partial charge on any atom is 0.345 e. The zero-order valence-corrected chi connectivity index (χ0v) is 16.4. The molecule has 0 N–H and O–H groups in total. The maximum atomic E-state index is 12.3. The molecule has 0 aliphatic carbocycles. The molecule has 8 nitrogen and oxygen atoms in total. The van der Waals surface area contributed by atoms with Crippen molar-refractivity contribution < 1.29 is 28.7 Å². The summed E-state index contributed by atoms with van der Waals surface area (Å²) in [6.45, 7) is 2.06. The molecule has 0 aliphatic heterocycles. The van der Waals surface area contributed by atoms with Gasteiger partial charge in [0.1, 0.15) is 24.5 Å². The van der Waals surface area contributed by atoms with Gasteiger partial charge in [0, 0.05) is 10.5 Å². The quantitative estimate of drug-likeness (QED) is 0.252. The molecule has 2 rings (SSSR count). The average Bonchev–Trinajstić information content (AvgIpc) is 2.65. The van der Waals surface area contributed by atoms with E-state index in [1.807, 2.05) is 6.07 Å². The molecule has 0 saturated carbocycles. The lowest BCUT2D eigenvalue weighted by Gasteiger charge is -2.12. The van der Waals surface area contributed by atoms with Gasteiger partial charge in [-0.25, -0.2) is 4.79 Å². The molecule has 2 aromatic carbocycles.